The number of imide groups is 2. The molecule has 1 spiro atoms. The molecular weight excluding hydrogens is 732 g/mol. The Morgan fingerprint density at radius 2 is 1.57 bits per heavy atom. The number of hydrogen-bond donors (Lipinski definition) is 1. The number of carbonyl (C=O) groups excluding carboxylic acids is 4. The molecule has 1 unspecified atom stereocenters. The standard InChI is InChI=1S/C41H45ClN10O4/c1-26-19-41(25-51(26)29-4-6-34(43-2)33(42)18-29)9-11-49(12-10-41)40-44-20-30(21-45-40)48-15-13-47(14-16-48)22-27-23-50(24-27)28-3-5-31-32(17-28)39(56)52(38(31)55)35-7-8-36(53)46-37(35)54/h3-6,17-18,20-21,26-27,35H,7-16,19,22-25H2,1H3,(H,46,53,54)/t26-,35?/m0/s1. The fraction of sp³-hybridized carbons (Fsp3) is 0.488. The third-order valence-corrected chi connectivity index (χ3v) is 13.2. The van der Waals surface area contributed by atoms with Crippen molar-refractivity contribution in [3.63, 3.8) is 0 Å². The summed E-state index contributed by atoms with van der Waals surface area (Å²) in [5.74, 6) is -0.640. The van der Waals surface area contributed by atoms with E-state index in [2.05, 4.69) is 41.6 Å². The average molecular weight is 777 g/mol. The Bertz CT molecular complexity index is 2120. The molecule has 290 valence electrons. The molecule has 5 saturated heterocycles. The Hall–Kier alpha value is -5.26. The number of hydrogen-bond acceptors (Lipinski definition) is 11. The summed E-state index contributed by atoms with van der Waals surface area (Å²) < 4.78 is 0. The number of rotatable bonds is 7. The van der Waals surface area contributed by atoms with E-state index in [9.17, 15) is 19.2 Å². The molecule has 0 aliphatic carbocycles. The summed E-state index contributed by atoms with van der Waals surface area (Å²) in [6, 6.07) is 10.6. The van der Waals surface area contributed by atoms with Crippen molar-refractivity contribution in [2.75, 3.05) is 85.0 Å². The summed E-state index contributed by atoms with van der Waals surface area (Å²) in [4.78, 5) is 76.4. The highest BCUT2D eigenvalue weighted by molar-refractivity contribution is 6.33. The second-order valence-electron chi connectivity index (χ2n) is 16.4. The molecule has 56 heavy (non-hydrogen) atoms. The van der Waals surface area contributed by atoms with Gasteiger partial charge in [0.15, 0.2) is 0 Å². The van der Waals surface area contributed by atoms with Crippen molar-refractivity contribution in [3.8, 4) is 0 Å². The van der Waals surface area contributed by atoms with Gasteiger partial charge in [0, 0.05) is 100 Å². The molecule has 0 bridgehead atoms. The molecule has 2 aromatic carbocycles. The van der Waals surface area contributed by atoms with E-state index in [0.29, 0.717) is 33.8 Å². The van der Waals surface area contributed by atoms with Gasteiger partial charge in [0.2, 0.25) is 23.5 Å². The number of halogens is 1. The van der Waals surface area contributed by atoms with E-state index in [0.717, 1.165) is 113 Å². The predicted octanol–water partition coefficient (Wildman–Crippen LogP) is 4.23. The van der Waals surface area contributed by atoms with Gasteiger partial charge in [0.05, 0.1) is 35.8 Å². The maximum atomic E-state index is 13.3. The van der Waals surface area contributed by atoms with E-state index in [1.807, 2.05) is 36.7 Å². The number of carbonyl (C=O) groups is 4. The van der Waals surface area contributed by atoms with E-state index < -0.39 is 23.8 Å². The highest BCUT2D eigenvalue weighted by Gasteiger charge is 2.46. The molecular formula is C41H45ClN10O4. The van der Waals surface area contributed by atoms with Crippen molar-refractivity contribution in [3.05, 3.63) is 76.4 Å². The van der Waals surface area contributed by atoms with E-state index in [4.69, 9.17) is 28.1 Å². The molecule has 14 nitrogen and oxygen atoms in total. The lowest BCUT2D eigenvalue weighted by Crippen LogP contribution is -2.55. The molecule has 5 fully saturated rings. The molecule has 6 aliphatic rings. The molecule has 1 N–H and O–H groups in total. The van der Waals surface area contributed by atoms with Gasteiger partial charge in [0.25, 0.3) is 11.8 Å². The lowest BCUT2D eigenvalue weighted by atomic mass is 9.77. The molecule has 15 heteroatoms. The van der Waals surface area contributed by atoms with Crippen LogP contribution in [0.25, 0.3) is 4.85 Å². The molecule has 6 aliphatic heterocycles. The van der Waals surface area contributed by atoms with Crippen LogP contribution in [0.4, 0.5) is 28.7 Å². The quantitative estimate of drug-likeness (QED) is 0.274. The molecule has 3 aromatic rings. The van der Waals surface area contributed by atoms with Crippen molar-refractivity contribution in [2.45, 2.75) is 51.1 Å². The van der Waals surface area contributed by atoms with Crippen molar-refractivity contribution < 1.29 is 19.2 Å². The van der Waals surface area contributed by atoms with Gasteiger partial charge in [-0.15, -0.1) is 0 Å². The van der Waals surface area contributed by atoms with Crippen LogP contribution in [0.5, 0.6) is 0 Å². The molecule has 0 saturated carbocycles. The first-order chi connectivity index (χ1) is 27.1. The van der Waals surface area contributed by atoms with Gasteiger partial charge in [-0.05, 0) is 68.4 Å². The van der Waals surface area contributed by atoms with Gasteiger partial charge in [0.1, 0.15) is 6.04 Å². The molecule has 9 rings (SSSR count). The zero-order valence-corrected chi connectivity index (χ0v) is 32.2. The number of benzene rings is 2. The van der Waals surface area contributed by atoms with Crippen LogP contribution < -0.4 is 24.9 Å². The summed E-state index contributed by atoms with van der Waals surface area (Å²) in [6.45, 7) is 18.9. The van der Waals surface area contributed by atoms with Crippen LogP contribution in [0, 0.1) is 17.9 Å². The van der Waals surface area contributed by atoms with E-state index in [-0.39, 0.29) is 24.2 Å². The lowest BCUT2D eigenvalue weighted by Gasteiger charge is -2.45. The van der Waals surface area contributed by atoms with E-state index in [1.165, 1.54) is 0 Å². The summed E-state index contributed by atoms with van der Waals surface area (Å²) in [7, 11) is 0. The van der Waals surface area contributed by atoms with Crippen molar-refractivity contribution in [2.24, 2.45) is 11.3 Å². The molecule has 2 atom stereocenters. The van der Waals surface area contributed by atoms with Crippen LogP contribution in [-0.4, -0.2) is 121 Å². The number of anilines is 4. The topological polar surface area (TPSA) is 130 Å². The van der Waals surface area contributed by atoms with Crippen LogP contribution in [0.1, 0.15) is 59.7 Å². The number of fused-ring (bicyclic) bond motifs is 1. The average Bonchev–Trinajstić information content (AvgIpc) is 3.64. The monoisotopic (exact) mass is 776 g/mol. The summed E-state index contributed by atoms with van der Waals surface area (Å²) in [6.07, 6.45) is 7.51. The lowest BCUT2D eigenvalue weighted by molar-refractivity contribution is -0.136. The molecule has 1 aromatic heterocycles. The van der Waals surface area contributed by atoms with Gasteiger partial charge >= 0.3 is 0 Å². The summed E-state index contributed by atoms with van der Waals surface area (Å²) >= 11 is 6.38. The minimum atomic E-state index is -0.962. The van der Waals surface area contributed by atoms with Gasteiger partial charge in [-0.1, -0.05) is 17.7 Å². The first kappa shape index (κ1) is 36.4. The van der Waals surface area contributed by atoms with Crippen LogP contribution in [-0.2, 0) is 9.59 Å². The fourth-order valence-corrected chi connectivity index (χ4v) is 9.94. The fourth-order valence-electron chi connectivity index (χ4n) is 9.72. The Balaban J connectivity index is 0.725. The zero-order chi connectivity index (χ0) is 38.7. The largest absolute Gasteiger partial charge is 0.371 e. The number of aromatic nitrogens is 2. The second kappa shape index (κ2) is 14.4. The first-order valence-electron chi connectivity index (χ1n) is 19.7. The maximum absolute atomic E-state index is 13.3. The van der Waals surface area contributed by atoms with E-state index >= 15 is 0 Å². The Morgan fingerprint density at radius 3 is 2.27 bits per heavy atom. The van der Waals surface area contributed by atoms with Crippen LogP contribution in [0.3, 0.4) is 0 Å². The predicted molar refractivity (Wildman–Crippen MR) is 213 cm³/mol. The Morgan fingerprint density at radius 1 is 0.857 bits per heavy atom. The molecule has 7 heterocycles. The Labute approximate surface area is 331 Å². The van der Waals surface area contributed by atoms with E-state index in [1.54, 1.807) is 12.1 Å². The smallest absolute Gasteiger partial charge is 0.262 e. The number of piperazine rings is 1. The SMILES string of the molecule is [C-]#[N+]c1ccc(N2CC3(CCN(c4ncc(N5CCN(CC6CN(c7ccc8c(c7)C(=O)N(C7CCC(=O)NC7=O)C8=O)C6)CC5)cn4)CC3)C[C@@H]2C)cc1Cl. The highest BCUT2D eigenvalue weighted by atomic mass is 35.5. The Kier molecular flexibility index (Phi) is 9.32. The molecule has 0 radical (unpaired) electrons. The number of nitrogens with one attached hydrogen (secondary N) is 1. The zero-order valence-electron chi connectivity index (χ0n) is 31.5. The van der Waals surface area contributed by atoms with Crippen molar-refractivity contribution >= 4 is 63.9 Å². The van der Waals surface area contributed by atoms with Crippen LogP contribution >= 0.6 is 11.6 Å². The second-order valence-corrected chi connectivity index (χ2v) is 16.8. The number of piperidine rings is 2. The summed E-state index contributed by atoms with van der Waals surface area (Å²) in [5, 5.41) is 2.76. The highest BCUT2D eigenvalue weighted by Crippen LogP contribution is 2.46. The maximum Gasteiger partial charge on any atom is 0.262 e. The number of amides is 4. The van der Waals surface area contributed by atoms with Crippen LogP contribution in [0.2, 0.25) is 5.02 Å². The minimum Gasteiger partial charge on any atom is -0.371 e. The minimum absolute atomic E-state index is 0.0997. The normalized spacial score (nSPS) is 24.1. The first-order valence-corrected chi connectivity index (χ1v) is 20.0. The van der Waals surface area contributed by atoms with Gasteiger partial charge in [-0.2, -0.15) is 0 Å². The molecule has 4 amide bonds. The van der Waals surface area contributed by atoms with Crippen molar-refractivity contribution in [1.82, 2.24) is 25.1 Å². The van der Waals surface area contributed by atoms with Gasteiger partial charge in [-0.25, -0.2) is 14.8 Å². The van der Waals surface area contributed by atoms with Gasteiger partial charge in [-0.3, -0.25) is 34.3 Å². The third kappa shape index (κ3) is 6.60. The third-order valence-electron chi connectivity index (χ3n) is 12.9. The van der Waals surface area contributed by atoms with Crippen molar-refractivity contribution in [1.29, 1.82) is 0 Å². The van der Waals surface area contributed by atoms with Crippen LogP contribution in [0.15, 0.2) is 48.8 Å². The van der Waals surface area contributed by atoms with Gasteiger partial charge < -0.3 is 19.6 Å². The number of nitrogens with zero attached hydrogens (tertiary/aromatic N) is 9. The summed E-state index contributed by atoms with van der Waals surface area (Å²) in [5.41, 5.74) is 4.42.